The molecule has 4 heteroatoms. The van der Waals surface area contributed by atoms with E-state index in [1.807, 2.05) is 24.3 Å². The number of methoxy groups -OCH3 is 1. The minimum atomic E-state index is -0.106. The van der Waals surface area contributed by atoms with E-state index in [-0.39, 0.29) is 6.04 Å². The SMILES string of the molecule is COc1ccccc1CC(C#N)N1CCOCC1. The van der Waals surface area contributed by atoms with Crippen molar-refractivity contribution >= 4 is 0 Å². The van der Waals surface area contributed by atoms with Crippen LogP contribution in [0.1, 0.15) is 5.56 Å². The molecule has 1 fully saturated rings. The van der Waals surface area contributed by atoms with Crippen LogP contribution in [0.2, 0.25) is 0 Å². The lowest BCUT2D eigenvalue weighted by molar-refractivity contribution is 0.0269. The fourth-order valence-corrected chi connectivity index (χ4v) is 2.23. The van der Waals surface area contributed by atoms with Gasteiger partial charge >= 0.3 is 0 Å². The Kier molecular flexibility index (Phi) is 4.57. The maximum atomic E-state index is 9.33. The van der Waals surface area contributed by atoms with Gasteiger partial charge in [0.1, 0.15) is 11.8 Å². The molecule has 1 unspecified atom stereocenters. The van der Waals surface area contributed by atoms with Crippen molar-refractivity contribution in [2.45, 2.75) is 12.5 Å². The van der Waals surface area contributed by atoms with Crippen molar-refractivity contribution in [1.82, 2.24) is 4.90 Å². The van der Waals surface area contributed by atoms with Gasteiger partial charge in [-0.1, -0.05) is 18.2 Å². The fourth-order valence-electron chi connectivity index (χ4n) is 2.23. The van der Waals surface area contributed by atoms with Gasteiger partial charge in [-0.25, -0.2) is 0 Å². The highest BCUT2D eigenvalue weighted by Gasteiger charge is 2.21. The van der Waals surface area contributed by atoms with Gasteiger partial charge in [0.05, 0.1) is 26.4 Å². The summed E-state index contributed by atoms with van der Waals surface area (Å²) in [6.45, 7) is 3.08. The van der Waals surface area contributed by atoms with E-state index in [1.165, 1.54) is 0 Å². The molecule has 0 radical (unpaired) electrons. The van der Waals surface area contributed by atoms with E-state index >= 15 is 0 Å². The maximum absolute atomic E-state index is 9.33. The Labute approximate surface area is 108 Å². The van der Waals surface area contributed by atoms with Gasteiger partial charge < -0.3 is 9.47 Å². The Balaban J connectivity index is 2.07. The molecule has 2 rings (SSSR count). The number of hydrogen-bond acceptors (Lipinski definition) is 4. The van der Waals surface area contributed by atoms with Crippen LogP contribution in [-0.2, 0) is 11.2 Å². The second-order valence-corrected chi connectivity index (χ2v) is 4.31. The van der Waals surface area contributed by atoms with E-state index in [2.05, 4.69) is 11.0 Å². The van der Waals surface area contributed by atoms with Crippen molar-refractivity contribution in [3.63, 3.8) is 0 Å². The van der Waals surface area contributed by atoms with E-state index < -0.39 is 0 Å². The standard InChI is InChI=1S/C14H18N2O2/c1-17-14-5-3-2-4-12(14)10-13(11-15)16-6-8-18-9-7-16/h2-5,13H,6-10H2,1H3. The molecular formula is C14H18N2O2. The normalized spacial score (nSPS) is 18.0. The molecule has 96 valence electrons. The number of ether oxygens (including phenoxy) is 2. The topological polar surface area (TPSA) is 45.5 Å². The van der Waals surface area contributed by atoms with Crippen LogP contribution in [0, 0.1) is 11.3 Å². The lowest BCUT2D eigenvalue weighted by Gasteiger charge is -2.30. The van der Waals surface area contributed by atoms with Gasteiger partial charge in [-0.15, -0.1) is 0 Å². The number of nitrogens with zero attached hydrogens (tertiary/aromatic N) is 2. The molecule has 18 heavy (non-hydrogen) atoms. The molecule has 0 saturated carbocycles. The van der Waals surface area contributed by atoms with Crippen molar-refractivity contribution in [2.75, 3.05) is 33.4 Å². The highest BCUT2D eigenvalue weighted by atomic mass is 16.5. The van der Waals surface area contributed by atoms with Crippen LogP contribution in [0.5, 0.6) is 5.75 Å². The third kappa shape index (κ3) is 3.00. The zero-order chi connectivity index (χ0) is 12.8. The predicted molar refractivity (Wildman–Crippen MR) is 68.5 cm³/mol. The lowest BCUT2D eigenvalue weighted by atomic mass is 10.0. The summed E-state index contributed by atoms with van der Waals surface area (Å²) in [5, 5.41) is 9.33. The first-order valence-corrected chi connectivity index (χ1v) is 6.18. The average molecular weight is 246 g/mol. The highest BCUT2D eigenvalue weighted by molar-refractivity contribution is 5.34. The average Bonchev–Trinajstić information content (AvgIpc) is 2.46. The van der Waals surface area contributed by atoms with Crippen molar-refractivity contribution in [3.8, 4) is 11.8 Å². The summed E-state index contributed by atoms with van der Waals surface area (Å²) in [5.41, 5.74) is 1.08. The number of hydrogen-bond donors (Lipinski definition) is 0. The lowest BCUT2D eigenvalue weighted by Crippen LogP contribution is -2.43. The van der Waals surface area contributed by atoms with Gasteiger partial charge in [0.25, 0.3) is 0 Å². The maximum Gasteiger partial charge on any atom is 0.122 e. The molecule has 0 aliphatic carbocycles. The quantitative estimate of drug-likeness (QED) is 0.807. The molecule has 0 spiro atoms. The highest BCUT2D eigenvalue weighted by Crippen LogP contribution is 2.20. The number of rotatable bonds is 4. The minimum Gasteiger partial charge on any atom is -0.496 e. The summed E-state index contributed by atoms with van der Waals surface area (Å²) in [5.74, 6) is 0.853. The zero-order valence-corrected chi connectivity index (χ0v) is 10.6. The summed E-state index contributed by atoms with van der Waals surface area (Å²) in [4.78, 5) is 2.18. The van der Waals surface area contributed by atoms with Gasteiger partial charge in [-0.2, -0.15) is 5.26 Å². The van der Waals surface area contributed by atoms with Crippen molar-refractivity contribution in [1.29, 1.82) is 5.26 Å². The molecule has 1 atom stereocenters. The van der Waals surface area contributed by atoms with Crippen molar-refractivity contribution < 1.29 is 9.47 Å². The van der Waals surface area contributed by atoms with Crippen LogP contribution in [-0.4, -0.2) is 44.4 Å². The third-order valence-electron chi connectivity index (χ3n) is 3.24. The Bertz CT molecular complexity index is 422. The Morgan fingerprint density at radius 2 is 2.11 bits per heavy atom. The van der Waals surface area contributed by atoms with Crippen molar-refractivity contribution in [3.05, 3.63) is 29.8 Å². The molecule has 1 aromatic carbocycles. The van der Waals surface area contributed by atoms with E-state index in [0.29, 0.717) is 19.6 Å². The van der Waals surface area contributed by atoms with Crippen LogP contribution in [0.4, 0.5) is 0 Å². The molecule has 1 heterocycles. The van der Waals surface area contributed by atoms with Gasteiger partial charge in [0.15, 0.2) is 0 Å². The monoisotopic (exact) mass is 246 g/mol. The summed E-state index contributed by atoms with van der Waals surface area (Å²) in [6, 6.07) is 10.2. The van der Waals surface area contributed by atoms with Gasteiger partial charge in [0.2, 0.25) is 0 Å². The van der Waals surface area contributed by atoms with Crippen LogP contribution < -0.4 is 4.74 Å². The largest absolute Gasteiger partial charge is 0.496 e. The summed E-state index contributed by atoms with van der Waals surface area (Å²) in [7, 11) is 1.66. The Morgan fingerprint density at radius 1 is 1.39 bits per heavy atom. The molecular weight excluding hydrogens is 228 g/mol. The minimum absolute atomic E-state index is 0.106. The summed E-state index contributed by atoms with van der Waals surface area (Å²) < 4.78 is 10.6. The smallest absolute Gasteiger partial charge is 0.122 e. The van der Waals surface area contributed by atoms with E-state index in [1.54, 1.807) is 7.11 Å². The number of nitriles is 1. The Morgan fingerprint density at radius 3 is 2.78 bits per heavy atom. The molecule has 1 aliphatic heterocycles. The van der Waals surface area contributed by atoms with E-state index in [9.17, 15) is 5.26 Å². The zero-order valence-electron chi connectivity index (χ0n) is 10.6. The molecule has 1 saturated heterocycles. The predicted octanol–water partition coefficient (Wildman–Crippen LogP) is 1.46. The van der Waals surface area contributed by atoms with Crippen LogP contribution in [0.3, 0.4) is 0 Å². The molecule has 0 N–H and O–H groups in total. The molecule has 4 nitrogen and oxygen atoms in total. The molecule has 0 aromatic heterocycles. The van der Waals surface area contributed by atoms with Gasteiger partial charge in [-0.3, -0.25) is 4.90 Å². The molecule has 0 bridgehead atoms. The summed E-state index contributed by atoms with van der Waals surface area (Å²) >= 11 is 0. The molecule has 0 amide bonds. The van der Waals surface area contributed by atoms with Crippen LogP contribution in [0.25, 0.3) is 0 Å². The third-order valence-corrected chi connectivity index (χ3v) is 3.24. The van der Waals surface area contributed by atoms with Crippen molar-refractivity contribution in [2.24, 2.45) is 0 Å². The van der Waals surface area contributed by atoms with E-state index in [4.69, 9.17) is 9.47 Å². The van der Waals surface area contributed by atoms with Crippen LogP contribution >= 0.6 is 0 Å². The first kappa shape index (κ1) is 12.9. The van der Waals surface area contributed by atoms with Gasteiger partial charge in [0, 0.05) is 19.5 Å². The number of benzene rings is 1. The van der Waals surface area contributed by atoms with Crippen LogP contribution in [0.15, 0.2) is 24.3 Å². The number of para-hydroxylation sites is 1. The second-order valence-electron chi connectivity index (χ2n) is 4.31. The fraction of sp³-hybridized carbons (Fsp3) is 0.500. The van der Waals surface area contributed by atoms with Gasteiger partial charge in [-0.05, 0) is 11.6 Å². The van der Waals surface area contributed by atoms with E-state index in [0.717, 1.165) is 24.4 Å². The first-order chi connectivity index (χ1) is 8.85. The first-order valence-electron chi connectivity index (χ1n) is 6.18. The number of morpholine rings is 1. The summed E-state index contributed by atoms with van der Waals surface area (Å²) in [6.07, 6.45) is 0.695. The Hall–Kier alpha value is -1.57. The molecule has 1 aliphatic rings. The molecule has 1 aromatic rings. The second kappa shape index (κ2) is 6.39.